The summed E-state index contributed by atoms with van der Waals surface area (Å²) in [7, 11) is 1.68. The number of ether oxygens (including phenoxy) is 1. The van der Waals surface area contributed by atoms with Gasteiger partial charge in [-0.3, -0.25) is 0 Å². The van der Waals surface area contributed by atoms with Gasteiger partial charge < -0.3 is 10.1 Å². The molecule has 0 saturated heterocycles. The summed E-state index contributed by atoms with van der Waals surface area (Å²) in [6, 6.07) is 5.98. The highest BCUT2D eigenvalue weighted by Gasteiger charge is 2.01. The Hall–Kier alpha value is -0.0600. The minimum Gasteiger partial charge on any atom is -0.497 e. The quantitative estimate of drug-likeness (QED) is 0.665. The molecule has 0 fully saturated rings. The molecule has 0 saturated carbocycles. The van der Waals surface area contributed by atoms with Gasteiger partial charge in [0.2, 0.25) is 0 Å². The molecule has 4 heteroatoms. The number of methoxy groups -OCH3 is 1. The molecule has 0 aliphatic rings. The third-order valence-electron chi connectivity index (χ3n) is 1.84. The SMILES string of the molecule is COc1ccc(Br)c(CNCCBr)c1. The normalized spacial score (nSPS) is 10.2. The van der Waals surface area contributed by atoms with E-state index in [0.717, 1.165) is 28.6 Å². The first-order valence-electron chi connectivity index (χ1n) is 4.37. The zero-order valence-corrected chi connectivity index (χ0v) is 11.2. The highest BCUT2D eigenvalue weighted by Crippen LogP contribution is 2.22. The second-order valence-electron chi connectivity index (χ2n) is 2.82. The van der Waals surface area contributed by atoms with Crippen molar-refractivity contribution >= 4 is 31.9 Å². The molecule has 0 heterocycles. The Labute approximate surface area is 101 Å². The Morgan fingerprint density at radius 3 is 2.86 bits per heavy atom. The van der Waals surface area contributed by atoms with Gasteiger partial charge in [0.05, 0.1) is 7.11 Å². The van der Waals surface area contributed by atoms with Crippen LogP contribution in [-0.2, 0) is 6.54 Å². The van der Waals surface area contributed by atoms with Crippen LogP contribution in [0.5, 0.6) is 5.75 Å². The molecule has 0 unspecified atom stereocenters. The fraction of sp³-hybridized carbons (Fsp3) is 0.400. The Morgan fingerprint density at radius 1 is 1.43 bits per heavy atom. The van der Waals surface area contributed by atoms with E-state index in [1.165, 1.54) is 5.56 Å². The van der Waals surface area contributed by atoms with E-state index in [0.29, 0.717) is 0 Å². The van der Waals surface area contributed by atoms with Crippen molar-refractivity contribution in [1.82, 2.24) is 5.32 Å². The molecule has 1 N–H and O–H groups in total. The average Bonchev–Trinajstić information content (AvgIpc) is 2.21. The van der Waals surface area contributed by atoms with E-state index in [1.807, 2.05) is 18.2 Å². The number of rotatable bonds is 5. The van der Waals surface area contributed by atoms with Gasteiger partial charge in [-0.1, -0.05) is 31.9 Å². The maximum Gasteiger partial charge on any atom is 0.119 e. The molecule has 0 aromatic heterocycles. The Kier molecular flexibility index (Phi) is 5.52. The molecule has 1 aromatic carbocycles. The van der Waals surface area contributed by atoms with Crippen LogP contribution in [0.15, 0.2) is 22.7 Å². The van der Waals surface area contributed by atoms with Crippen LogP contribution >= 0.6 is 31.9 Å². The maximum absolute atomic E-state index is 5.16. The zero-order valence-electron chi connectivity index (χ0n) is 8.02. The highest BCUT2D eigenvalue weighted by molar-refractivity contribution is 9.10. The molecule has 14 heavy (non-hydrogen) atoms. The van der Waals surface area contributed by atoms with E-state index < -0.39 is 0 Å². The van der Waals surface area contributed by atoms with Crippen molar-refractivity contribution in [3.63, 3.8) is 0 Å². The highest BCUT2D eigenvalue weighted by atomic mass is 79.9. The lowest BCUT2D eigenvalue weighted by atomic mass is 10.2. The molecule has 0 aliphatic heterocycles. The standard InChI is InChI=1S/C10H13Br2NO/c1-14-9-2-3-10(12)8(6-9)7-13-5-4-11/h2-3,6,13H,4-5,7H2,1H3. The third kappa shape index (κ3) is 3.59. The topological polar surface area (TPSA) is 21.3 Å². The fourth-order valence-corrected chi connectivity index (χ4v) is 1.77. The van der Waals surface area contributed by atoms with Crippen LogP contribution in [0.25, 0.3) is 0 Å². The first-order chi connectivity index (χ1) is 6.77. The molecule has 1 rings (SSSR count). The second kappa shape index (κ2) is 6.43. The summed E-state index contributed by atoms with van der Waals surface area (Å²) in [4.78, 5) is 0. The first-order valence-corrected chi connectivity index (χ1v) is 6.28. The largest absolute Gasteiger partial charge is 0.497 e. The molecule has 1 aromatic rings. The van der Waals surface area contributed by atoms with Crippen LogP contribution in [0.2, 0.25) is 0 Å². The second-order valence-corrected chi connectivity index (χ2v) is 4.47. The van der Waals surface area contributed by atoms with Crippen LogP contribution in [0.3, 0.4) is 0 Å². The number of benzene rings is 1. The lowest BCUT2D eigenvalue weighted by molar-refractivity contribution is 0.414. The van der Waals surface area contributed by atoms with Crippen LogP contribution < -0.4 is 10.1 Å². The molecule has 78 valence electrons. The minimum atomic E-state index is 0.851. The lowest BCUT2D eigenvalue weighted by Crippen LogP contribution is -2.15. The number of nitrogens with one attached hydrogen (secondary N) is 1. The van der Waals surface area contributed by atoms with Crippen molar-refractivity contribution < 1.29 is 4.74 Å². The monoisotopic (exact) mass is 321 g/mol. The molecule has 2 nitrogen and oxygen atoms in total. The zero-order chi connectivity index (χ0) is 10.4. The molecule has 0 amide bonds. The lowest BCUT2D eigenvalue weighted by Gasteiger charge is -2.07. The molecule has 0 spiro atoms. The molecular weight excluding hydrogens is 310 g/mol. The molecular formula is C10H13Br2NO. The van der Waals surface area contributed by atoms with Crippen LogP contribution in [0.4, 0.5) is 0 Å². The molecule has 0 aliphatic carbocycles. The summed E-state index contributed by atoms with van der Waals surface area (Å²) in [5.74, 6) is 0.892. The van der Waals surface area contributed by atoms with Crippen molar-refractivity contribution in [2.75, 3.05) is 19.0 Å². The van der Waals surface area contributed by atoms with Gasteiger partial charge in [0, 0.05) is 22.9 Å². The van der Waals surface area contributed by atoms with Gasteiger partial charge in [-0.15, -0.1) is 0 Å². The Bertz CT molecular complexity index is 291. The number of alkyl halides is 1. The van der Waals surface area contributed by atoms with Gasteiger partial charge in [0.1, 0.15) is 5.75 Å². The smallest absolute Gasteiger partial charge is 0.119 e. The number of hydrogen-bond acceptors (Lipinski definition) is 2. The molecule has 0 atom stereocenters. The van der Waals surface area contributed by atoms with Crippen LogP contribution in [0.1, 0.15) is 5.56 Å². The predicted octanol–water partition coefficient (Wildman–Crippen LogP) is 2.94. The van der Waals surface area contributed by atoms with E-state index in [1.54, 1.807) is 7.11 Å². The summed E-state index contributed by atoms with van der Waals surface area (Å²) in [6.45, 7) is 1.81. The molecule has 0 radical (unpaired) electrons. The van der Waals surface area contributed by atoms with Gasteiger partial charge in [-0.2, -0.15) is 0 Å². The summed E-state index contributed by atoms with van der Waals surface area (Å²) in [5, 5.41) is 4.28. The van der Waals surface area contributed by atoms with E-state index in [4.69, 9.17) is 4.74 Å². The van der Waals surface area contributed by atoms with Gasteiger partial charge >= 0.3 is 0 Å². The van der Waals surface area contributed by atoms with Crippen molar-refractivity contribution in [3.05, 3.63) is 28.2 Å². The van der Waals surface area contributed by atoms with E-state index >= 15 is 0 Å². The van der Waals surface area contributed by atoms with Crippen molar-refractivity contribution in [3.8, 4) is 5.75 Å². The third-order valence-corrected chi connectivity index (χ3v) is 3.01. The van der Waals surface area contributed by atoms with Gasteiger partial charge in [0.15, 0.2) is 0 Å². The van der Waals surface area contributed by atoms with Crippen molar-refractivity contribution in [2.45, 2.75) is 6.54 Å². The van der Waals surface area contributed by atoms with Crippen LogP contribution in [-0.4, -0.2) is 19.0 Å². The minimum absolute atomic E-state index is 0.851. The van der Waals surface area contributed by atoms with Crippen molar-refractivity contribution in [1.29, 1.82) is 0 Å². The van der Waals surface area contributed by atoms with Gasteiger partial charge in [-0.05, 0) is 23.8 Å². The summed E-state index contributed by atoms with van der Waals surface area (Å²) < 4.78 is 6.27. The van der Waals surface area contributed by atoms with Gasteiger partial charge in [0.25, 0.3) is 0 Å². The number of halogens is 2. The Balaban J connectivity index is 2.64. The fourth-order valence-electron chi connectivity index (χ4n) is 1.10. The van der Waals surface area contributed by atoms with E-state index in [9.17, 15) is 0 Å². The predicted molar refractivity (Wildman–Crippen MR) is 66.2 cm³/mol. The van der Waals surface area contributed by atoms with E-state index in [2.05, 4.69) is 37.2 Å². The first kappa shape index (κ1) is 12.0. The maximum atomic E-state index is 5.16. The average molecular weight is 323 g/mol. The summed E-state index contributed by atoms with van der Waals surface area (Å²) >= 11 is 6.88. The molecule has 0 bridgehead atoms. The summed E-state index contributed by atoms with van der Waals surface area (Å²) in [6.07, 6.45) is 0. The summed E-state index contributed by atoms with van der Waals surface area (Å²) in [5.41, 5.74) is 1.21. The van der Waals surface area contributed by atoms with E-state index in [-0.39, 0.29) is 0 Å². The Morgan fingerprint density at radius 2 is 2.21 bits per heavy atom. The van der Waals surface area contributed by atoms with Crippen LogP contribution in [0, 0.1) is 0 Å². The number of hydrogen-bond donors (Lipinski definition) is 1. The van der Waals surface area contributed by atoms with Gasteiger partial charge in [-0.25, -0.2) is 0 Å². The van der Waals surface area contributed by atoms with Crippen molar-refractivity contribution in [2.24, 2.45) is 0 Å².